The molecule has 0 unspecified atom stereocenters. The van der Waals surface area contributed by atoms with Crippen molar-refractivity contribution in [2.24, 2.45) is 11.3 Å². The third-order valence-corrected chi connectivity index (χ3v) is 5.92. The Morgan fingerprint density at radius 2 is 1.97 bits per heavy atom. The number of carbonyl (C=O) groups is 2. The quantitative estimate of drug-likeness (QED) is 0.818. The van der Waals surface area contributed by atoms with Crippen LogP contribution in [0.2, 0.25) is 0 Å². The van der Waals surface area contributed by atoms with E-state index in [9.17, 15) is 14.7 Å². The molecule has 7 nitrogen and oxygen atoms in total. The number of carboxylic acids is 1. The molecule has 1 heterocycles. The van der Waals surface area contributed by atoms with Crippen LogP contribution in [0.15, 0.2) is 48.5 Å². The van der Waals surface area contributed by atoms with Crippen molar-refractivity contribution in [3.05, 3.63) is 54.1 Å². The number of aliphatic carboxylic acids is 1. The Kier molecular flexibility index (Phi) is 4.85. The molecule has 0 bridgehead atoms. The molecule has 1 aliphatic heterocycles. The highest BCUT2D eigenvalue weighted by atomic mass is 16.5. The van der Waals surface area contributed by atoms with Gasteiger partial charge in [0, 0.05) is 18.8 Å². The number of anilines is 1. The van der Waals surface area contributed by atoms with Crippen molar-refractivity contribution >= 4 is 17.7 Å². The zero-order valence-electron chi connectivity index (χ0n) is 15.8. The molecule has 4 rings (SSSR count). The molecule has 2 atom stereocenters. The van der Waals surface area contributed by atoms with Crippen LogP contribution in [-0.2, 0) is 4.79 Å². The summed E-state index contributed by atoms with van der Waals surface area (Å²) in [7, 11) is 0. The maximum Gasteiger partial charge on any atom is 0.321 e. The second-order valence-electron chi connectivity index (χ2n) is 7.60. The SMILES string of the molecule is N#Cc1ccccc1Oc1ccc(NC(=O)N2C[C@@H]3CCC[C@@]3(C(=O)O)C2)cc1. The van der Waals surface area contributed by atoms with Gasteiger partial charge in [0.25, 0.3) is 0 Å². The number of nitriles is 1. The number of ether oxygens (including phenoxy) is 1. The molecule has 29 heavy (non-hydrogen) atoms. The molecule has 2 N–H and O–H groups in total. The van der Waals surface area contributed by atoms with Crippen LogP contribution in [0, 0.1) is 22.7 Å². The van der Waals surface area contributed by atoms with Gasteiger partial charge in [0.1, 0.15) is 17.6 Å². The summed E-state index contributed by atoms with van der Waals surface area (Å²) in [4.78, 5) is 26.0. The first-order chi connectivity index (χ1) is 14.0. The van der Waals surface area contributed by atoms with Crippen LogP contribution in [0.5, 0.6) is 11.5 Å². The molecule has 2 aliphatic rings. The molecule has 0 spiro atoms. The van der Waals surface area contributed by atoms with Gasteiger partial charge in [0.05, 0.1) is 11.0 Å². The lowest BCUT2D eigenvalue weighted by atomic mass is 9.81. The number of likely N-dealkylation sites (tertiary alicyclic amines) is 1. The fraction of sp³-hybridized carbons (Fsp3) is 0.318. The summed E-state index contributed by atoms with van der Waals surface area (Å²) in [6.07, 6.45) is 2.39. The van der Waals surface area contributed by atoms with E-state index in [0.29, 0.717) is 35.7 Å². The van der Waals surface area contributed by atoms with Crippen LogP contribution in [0.3, 0.4) is 0 Å². The third-order valence-electron chi connectivity index (χ3n) is 5.92. The predicted octanol–water partition coefficient (Wildman–Crippen LogP) is 4.07. The van der Waals surface area contributed by atoms with Gasteiger partial charge in [0.2, 0.25) is 0 Å². The second-order valence-corrected chi connectivity index (χ2v) is 7.60. The van der Waals surface area contributed by atoms with E-state index in [1.54, 1.807) is 53.4 Å². The summed E-state index contributed by atoms with van der Waals surface area (Å²) >= 11 is 0. The van der Waals surface area contributed by atoms with Crippen molar-refractivity contribution in [2.75, 3.05) is 18.4 Å². The number of carbonyl (C=O) groups excluding carboxylic acids is 1. The number of urea groups is 1. The van der Waals surface area contributed by atoms with Crippen molar-refractivity contribution in [3.63, 3.8) is 0 Å². The highest BCUT2D eigenvalue weighted by molar-refractivity contribution is 5.90. The average molecular weight is 391 g/mol. The van der Waals surface area contributed by atoms with Crippen LogP contribution in [-0.4, -0.2) is 35.1 Å². The lowest BCUT2D eigenvalue weighted by Crippen LogP contribution is -2.38. The number of carboxylic acid groups (broad SMARTS) is 1. The molecule has 1 saturated carbocycles. The summed E-state index contributed by atoms with van der Waals surface area (Å²) in [5, 5.41) is 21.6. The summed E-state index contributed by atoms with van der Waals surface area (Å²) in [6, 6.07) is 15.6. The van der Waals surface area contributed by atoms with E-state index < -0.39 is 11.4 Å². The minimum atomic E-state index is -0.797. The Labute approximate surface area is 168 Å². The molecule has 2 aromatic rings. The van der Waals surface area contributed by atoms with Crippen LogP contribution in [0.1, 0.15) is 24.8 Å². The first-order valence-electron chi connectivity index (χ1n) is 9.58. The van der Waals surface area contributed by atoms with E-state index >= 15 is 0 Å². The fourth-order valence-electron chi connectivity index (χ4n) is 4.38. The van der Waals surface area contributed by atoms with E-state index in [1.807, 2.05) is 0 Å². The zero-order chi connectivity index (χ0) is 20.4. The maximum atomic E-state index is 12.6. The molecule has 7 heteroatoms. The molecule has 1 aliphatic carbocycles. The first-order valence-corrected chi connectivity index (χ1v) is 9.58. The van der Waals surface area contributed by atoms with Gasteiger partial charge in [-0.15, -0.1) is 0 Å². The van der Waals surface area contributed by atoms with Crippen molar-refractivity contribution in [2.45, 2.75) is 19.3 Å². The average Bonchev–Trinajstić information content (AvgIpc) is 3.29. The van der Waals surface area contributed by atoms with Crippen molar-refractivity contribution in [1.82, 2.24) is 4.90 Å². The fourth-order valence-corrected chi connectivity index (χ4v) is 4.38. The Balaban J connectivity index is 1.40. The van der Waals surface area contributed by atoms with Gasteiger partial charge in [-0.2, -0.15) is 5.26 Å². The number of amides is 2. The number of hydrogen-bond acceptors (Lipinski definition) is 4. The van der Waals surface area contributed by atoms with Crippen LogP contribution in [0.25, 0.3) is 0 Å². The number of nitrogens with zero attached hydrogens (tertiary/aromatic N) is 2. The van der Waals surface area contributed by atoms with Gasteiger partial charge in [0.15, 0.2) is 0 Å². The highest BCUT2D eigenvalue weighted by Crippen LogP contribution is 2.48. The van der Waals surface area contributed by atoms with E-state index in [1.165, 1.54) is 0 Å². The molecule has 0 radical (unpaired) electrons. The summed E-state index contributed by atoms with van der Waals surface area (Å²) in [5.41, 5.74) is 0.248. The third kappa shape index (κ3) is 3.49. The van der Waals surface area contributed by atoms with Gasteiger partial charge >= 0.3 is 12.0 Å². The Morgan fingerprint density at radius 1 is 1.21 bits per heavy atom. The summed E-state index contributed by atoms with van der Waals surface area (Å²) < 4.78 is 5.74. The minimum absolute atomic E-state index is 0.0294. The second kappa shape index (κ2) is 7.47. The van der Waals surface area contributed by atoms with Gasteiger partial charge in [-0.1, -0.05) is 18.6 Å². The molecular weight excluding hydrogens is 370 g/mol. The van der Waals surface area contributed by atoms with Gasteiger partial charge in [-0.25, -0.2) is 4.79 Å². The number of benzene rings is 2. The zero-order valence-corrected chi connectivity index (χ0v) is 15.8. The maximum absolute atomic E-state index is 12.6. The molecule has 2 fully saturated rings. The highest BCUT2D eigenvalue weighted by Gasteiger charge is 2.55. The standard InChI is InChI=1S/C22H21N3O4/c23-12-15-4-1-2-6-19(15)29-18-9-7-17(8-10-18)24-21(28)25-13-16-5-3-11-22(16,14-25)20(26)27/h1-2,4,6-10,16H,3,5,11,13-14H2,(H,24,28)(H,26,27)/t16-,22+/m0/s1. The van der Waals surface area contributed by atoms with Gasteiger partial charge in [-0.3, -0.25) is 4.79 Å². The normalized spacial score (nSPS) is 22.6. The van der Waals surface area contributed by atoms with Crippen LogP contribution < -0.4 is 10.1 Å². The molecule has 0 aromatic heterocycles. The van der Waals surface area contributed by atoms with Crippen molar-refractivity contribution in [1.29, 1.82) is 5.26 Å². The molecule has 148 valence electrons. The summed E-state index contributed by atoms with van der Waals surface area (Å²) in [6.45, 7) is 0.731. The number of rotatable bonds is 4. The van der Waals surface area contributed by atoms with E-state index in [2.05, 4.69) is 11.4 Å². The lowest BCUT2D eigenvalue weighted by molar-refractivity contribution is -0.149. The number of nitrogens with one attached hydrogen (secondary N) is 1. The minimum Gasteiger partial charge on any atom is -0.481 e. The van der Waals surface area contributed by atoms with E-state index in [-0.39, 0.29) is 18.5 Å². The van der Waals surface area contributed by atoms with E-state index in [4.69, 9.17) is 10.00 Å². The molecule has 2 aromatic carbocycles. The number of para-hydroxylation sites is 1. The van der Waals surface area contributed by atoms with Gasteiger partial charge < -0.3 is 20.1 Å². The van der Waals surface area contributed by atoms with Crippen molar-refractivity contribution < 1.29 is 19.4 Å². The molecule has 2 amide bonds. The number of fused-ring (bicyclic) bond motifs is 1. The molecular formula is C22H21N3O4. The Bertz CT molecular complexity index is 982. The predicted molar refractivity (Wildman–Crippen MR) is 106 cm³/mol. The Morgan fingerprint density at radius 3 is 2.66 bits per heavy atom. The van der Waals surface area contributed by atoms with Gasteiger partial charge in [-0.05, 0) is 55.2 Å². The van der Waals surface area contributed by atoms with Crippen molar-refractivity contribution in [3.8, 4) is 17.6 Å². The van der Waals surface area contributed by atoms with Crippen LogP contribution in [0.4, 0.5) is 10.5 Å². The largest absolute Gasteiger partial charge is 0.481 e. The summed E-state index contributed by atoms with van der Waals surface area (Å²) in [5.74, 6) is 0.247. The number of hydrogen-bond donors (Lipinski definition) is 2. The smallest absolute Gasteiger partial charge is 0.321 e. The lowest BCUT2D eigenvalue weighted by Gasteiger charge is -2.23. The topological polar surface area (TPSA) is 103 Å². The Hall–Kier alpha value is -3.53. The monoisotopic (exact) mass is 391 g/mol. The van der Waals surface area contributed by atoms with E-state index in [0.717, 1.165) is 12.8 Å². The van der Waals surface area contributed by atoms with Crippen LogP contribution >= 0.6 is 0 Å². The molecule has 1 saturated heterocycles. The first kappa shape index (κ1) is 18.8.